The van der Waals surface area contributed by atoms with Crippen LogP contribution in [0.15, 0.2) is 36.0 Å². The molecule has 1 aliphatic carbocycles. The maximum Gasteiger partial charge on any atom is 0.235 e. The summed E-state index contributed by atoms with van der Waals surface area (Å²) in [6.07, 6.45) is 4.63. The standard InChI is InChI=1S/C24H23Cl2N5O2S2/c1-3-8-31-21(12-33-19-10-15(25)5-7-18(19)26)29-30-24(31)34-13-22(32)28-23-17(11-27)16-6-4-14(2)9-20(16)35-23/h3,5,7,10,14H,1,4,6,8-9,12-13H2,2H3,(H,28,32). The highest BCUT2D eigenvalue weighted by atomic mass is 35.5. The van der Waals surface area contributed by atoms with E-state index in [-0.39, 0.29) is 18.3 Å². The molecule has 0 saturated carbocycles. The fourth-order valence-corrected chi connectivity index (χ4v) is 6.30. The van der Waals surface area contributed by atoms with E-state index in [1.54, 1.807) is 24.3 Å². The number of amides is 1. The lowest BCUT2D eigenvalue weighted by Gasteiger charge is -2.17. The van der Waals surface area contributed by atoms with Crippen molar-refractivity contribution in [2.45, 2.75) is 44.5 Å². The summed E-state index contributed by atoms with van der Waals surface area (Å²) in [5, 5.41) is 23.2. The molecule has 1 unspecified atom stereocenters. The molecule has 1 aliphatic rings. The minimum Gasteiger partial charge on any atom is -0.484 e. The largest absolute Gasteiger partial charge is 0.484 e. The van der Waals surface area contributed by atoms with Gasteiger partial charge in [0.05, 0.1) is 16.3 Å². The first-order valence-corrected chi connectivity index (χ1v) is 13.5. The zero-order valence-corrected chi connectivity index (χ0v) is 22.2. The molecule has 0 aliphatic heterocycles. The first-order chi connectivity index (χ1) is 16.9. The topological polar surface area (TPSA) is 92.8 Å². The molecule has 1 aromatic carbocycles. The van der Waals surface area contributed by atoms with Gasteiger partial charge in [0.2, 0.25) is 5.91 Å². The van der Waals surface area contributed by atoms with Crippen LogP contribution in [0.4, 0.5) is 5.00 Å². The Morgan fingerprint density at radius 1 is 1.46 bits per heavy atom. The summed E-state index contributed by atoms with van der Waals surface area (Å²) < 4.78 is 7.62. The molecular weight excluding hydrogens is 525 g/mol. The average Bonchev–Trinajstić information content (AvgIpc) is 3.37. The van der Waals surface area contributed by atoms with E-state index in [9.17, 15) is 10.1 Å². The van der Waals surface area contributed by atoms with Crippen LogP contribution < -0.4 is 10.1 Å². The average molecular weight is 549 g/mol. The van der Waals surface area contributed by atoms with E-state index in [4.69, 9.17) is 27.9 Å². The molecule has 2 heterocycles. The van der Waals surface area contributed by atoms with Crippen LogP contribution >= 0.6 is 46.3 Å². The number of thioether (sulfide) groups is 1. The lowest BCUT2D eigenvalue weighted by molar-refractivity contribution is -0.113. The molecule has 11 heteroatoms. The van der Waals surface area contributed by atoms with Gasteiger partial charge in [-0.05, 0) is 42.9 Å². The van der Waals surface area contributed by atoms with Gasteiger partial charge >= 0.3 is 0 Å². The number of ether oxygens (including phenoxy) is 1. The molecule has 0 radical (unpaired) electrons. The molecule has 0 spiro atoms. The van der Waals surface area contributed by atoms with E-state index < -0.39 is 0 Å². The number of hydrogen-bond acceptors (Lipinski definition) is 7. The molecule has 0 saturated heterocycles. The molecule has 2 aromatic heterocycles. The molecule has 3 aromatic rings. The molecule has 0 fully saturated rings. The Hall–Kier alpha value is -2.51. The second-order valence-corrected chi connectivity index (χ2v) is 11.1. The summed E-state index contributed by atoms with van der Waals surface area (Å²) in [4.78, 5) is 13.9. The Morgan fingerprint density at radius 3 is 3.06 bits per heavy atom. The fraction of sp³-hybridized carbons (Fsp3) is 0.333. The molecule has 4 rings (SSSR count). The molecule has 1 N–H and O–H groups in total. The van der Waals surface area contributed by atoms with Crippen molar-refractivity contribution in [2.75, 3.05) is 11.1 Å². The van der Waals surface area contributed by atoms with Crippen molar-refractivity contribution in [3.05, 3.63) is 62.7 Å². The monoisotopic (exact) mass is 547 g/mol. The normalized spacial score (nSPS) is 14.7. The van der Waals surface area contributed by atoms with Gasteiger partial charge in [0.15, 0.2) is 11.0 Å². The summed E-state index contributed by atoms with van der Waals surface area (Å²) in [6, 6.07) is 7.26. The fourth-order valence-electron chi connectivity index (χ4n) is 3.83. The number of nitrogens with one attached hydrogen (secondary N) is 1. The van der Waals surface area contributed by atoms with Crippen molar-refractivity contribution in [1.82, 2.24) is 14.8 Å². The zero-order valence-electron chi connectivity index (χ0n) is 19.0. The van der Waals surface area contributed by atoms with E-state index in [2.05, 4.69) is 35.1 Å². The number of nitriles is 1. The Labute approximate surface area is 222 Å². The summed E-state index contributed by atoms with van der Waals surface area (Å²) in [7, 11) is 0. The van der Waals surface area contributed by atoms with Gasteiger partial charge in [-0.25, -0.2) is 0 Å². The highest BCUT2D eigenvalue weighted by molar-refractivity contribution is 7.99. The Bertz CT molecular complexity index is 1300. The second kappa shape index (κ2) is 11.5. The van der Waals surface area contributed by atoms with Gasteiger partial charge in [-0.15, -0.1) is 28.1 Å². The zero-order chi connectivity index (χ0) is 24.9. The van der Waals surface area contributed by atoms with E-state index in [1.807, 2.05) is 4.57 Å². The minimum absolute atomic E-state index is 0.123. The predicted octanol–water partition coefficient (Wildman–Crippen LogP) is 6.14. The van der Waals surface area contributed by atoms with E-state index in [0.29, 0.717) is 49.8 Å². The summed E-state index contributed by atoms with van der Waals surface area (Å²) in [6.45, 7) is 6.58. The van der Waals surface area contributed by atoms with E-state index in [1.165, 1.54) is 28.0 Å². The summed E-state index contributed by atoms with van der Waals surface area (Å²) in [5.41, 5.74) is 1.69. The lowest BCUT2D eigenvalue weighted by Crippen LogP contribution is -2.15. The smallest absolute Gasteiger partial charge is 0.235 e. The molecular formula is C24H23Cl2N5O2S2. The minimum atomic E-state index is -0.199. The van der Waals surface area contributed by atoms with Gasteiger partial charge < -0.3 is 10.1 Å². The number of halogens is 2. The lowest BCUT2D eigenvalue weighted by atomic mass is 9.89. The number of carbonyl (C=O) groups excluding carboxylic acids is 1. The second-order valence-electron chi connectivity index (χ2n) is 8.17. The third kappa shape index (κ3) is 6.01. The number of fused-ring (bicyclic) bond motifs is 1. The van der Waals surface area contributed by atoms with Crippen LogP contribution in [0.2, 0.25) is 10.0 Å². The van der Waals surface area contributed by atoms with Gasteiger partial charge in [0.25, 0.3) is 0 Å². The number of carbonyl (C=O) groups is 1. The molecule has 35 heavy (non-hydrogen) atoms. The predicted molar refractivity (Wildman–Crippen MR) is 141 cm³/mol. The van der Waals surface area contributed by atoms with Crippen molar-refractivity contribution in [3.8, 4) is 11.8 Å². The van der Waals surface area contributed by atoms with Crippen LogP contribution in [-0.2, 0) is 30.8 Å². The van der Waals surface area contributed by atoms with Gasteiger partial charge in [-0.3, -0.25) is 9.36 Å². The van der Waals surface area contributed by atoms with Gasteiger partial charge in [0, 0.05) is 22.5 Å². The summed E-state index contributed by atoms with van der Waals surface area (Å²) in [5.74, 6) is 1.53. The maximum atomic E-state index is 12.7. The third-order valence-corrected chi connectivity index (χ3v) is 8.25. The van der Waals surface area contributed by atoms with Crippen molar-refractivity contribution in [1.29, 1.82) is 5.26 Å². The summed E-state index contributed by atoms with van der Waals surface area (Å²) >= 11 is 15.0. The molecule has 7 nitrogen and oxygen atoms in total. The molecule has 182 valence electrons. The first-order valence-electron chi connectivity index (χ1n) is 11.0. The molecule has 1 atom stereocenters. The van der Waals surface area contributed by atoms with Crippen LogP contribution in [0.5, 0.6) is 5.75 Å². The number of anilines is 1. The number of hydrogen-bond donors (Lipinski definition) is 1. The van der Waals surface area contributed by atoms with Crippen molar-refractivity contribution in [3.63, 3.8) is 0 Å². The van der Waals surface area contributed by atoms with Crippen molar-refractivity contribution in [2.24, 2.45) is 5.92 Å². The highest BCUT2D eigenvalue weighted by Crippen LogP contribution is 2.39. The molecule has 0 bridgehead atoms. The number of rotatable bonds is 9. The number of benzene rings is 1. The van der Waals surface area contributed by atoms with Crippen LogP contribution in [-0.4, -0.2) is 26.4 Å². The van der Waals surface area contributed by atoms with Crippen LogP contribution in [0, 0.1) is 17.2 Å². The van der Waals surface area contributed by atoms with E-state index >= 15 is 0 Å². The number of nitrogens with zero attached hydrogens (tertiary/aromatic N) is 4. The molecule has 1 amide bonds. The highest BCUT2D eigenvalue weighted by Gasteiger charge is 2.25. The first kappa shape index (κ1) is 25.6. The number of thiophene rings is 1. The van der Waals surface area contributed by atoms with Gasteiger partial charge in [-0.1, -0.05) is 48.0 Å². The van der Waals surface area contributed by atoms with Gasteiger partial charge in [-0.2, -0.15) is 5.26 Å². The number of aromatic nitrogens is 3. The van der Waals surface area contributed by atoms with Crippen LogP contribution in [0.25, 0.3) is 0 Å². The van der Waals surface area contributed by atoms with Crippen LogP contribution in [0.3, 0.4) is 0 Å². The quantitative estimate of drug-likeness (QED) is 0.255. The SMILES string of the molecule is C=CCn1c(COc2cc(Cl)ccc2Cl)nnc1SCC(=O)Nc1sc2c(c1C#N)CCC(C)C2. The third-order valence-electron chi connectivity index (χ3n) is 5.56. The maximum absolute atomic E-state index is 12.7. The Balaban J connectivity index is 1.41. The Kier molecular flexibility index (Phi) is 8.39. The van der Waals surface area contributed by atoms with Crippen molar-refractivity contribution >= 4 is 57.2 Å². The van der Waals surface area contributed by atoms with Gasteiger partial charge in [0.1, 0.15) is 23.4 Å². The van der Waals surface area contributed by atoms with Crippen LogP contribution in [0.1, 0.15) is 35.2 Å². The Morgan fingerprint density at radius 2 is 2.29 bits per heavy atom. The number of allylic oxidation sites excluding steroid dienone is 1. The van der Waals surface area contributed by atoms with E-state index in [0.717, 1.165) is 24.8 Å². The van der Waals surface area contributed by atoms with Crippen molar-refractivity contribution < 1.29 is 9.53 Å².